The molecule has 2 saturated carbocycles. The minimum Gasteiger partial charge on any atom is -0.486 e. The molecule has 16 heteroatoms. The van der Waals surface area contributed by atoms with Crippen molar-refractivity contribution >= 4 is 44.6 Å². The number of hydrogen-bond acceptors (Lipinski definition) is 10. The van der Waals surface area contributed by atoms with E-state index in [9.17, 15) is 27.9 Å². The maximum atomic E-state index is 15.2. The van der Waals surface area contributed by atoms with Crippen LogP contribution in [-0.4, -0.2) is 106 Å². The normalized spacial score (nSPS) is 30.5. The van der Waals surface area contributed by atoms with E-state index in [0.717, 1.165) is 11.8 Å². The number of allylic oxidation sites excluding steroid dienone is 1. The lowest BCUT2D eigenvalue weighted by Gasteiger charge is -2.44. The molecule has 0 bridgehead atoms. The van der Waals surface area contributed by atoms with Crippen molar-refractivity contribution in [3.8, 4) is 17.4 Å². The van der Waals surface area contributed by atoms with E-state index in [1.54, 1.807) is 46.0 Å². The van der Waals surface area contributed by atoms with E-state index in [1.807, 2.05) is 25.1 Å². The van der Waals surface area contributed by atoms with Crippen LogP contribution in [0.5, 0.6) is 17.4 Å². The zero-order valence-electron chi connectivity index (χ0n) is 33.6. The smallest absolute Gasteiger partial charge is 0.408 e. The predicted molar refractivity (Wildman–Crippen MR) is 210 cm³/mol. The first-order valence-corrected chi connectivity index (χ1v) is 21.6. The summed E-state index contributed by atoms with van der Waals surface area (Å²) in [6.45, 7) is 11.6. The molecule has 1 saturated heterocycles. The summed E-state index contributed by atoms with van der Waals surface area (Å²) in [6.07, 6.45) is 6.87. The Morgan fingerprint density at radius 1 is 1.12 bits per heavy atom. The molecular weight excluding hydrogens is 755 g/mol. The Morgan fingerprint density at radius 2 is 1.86 bits per heavy atom. The highest BCUT2D eigenvalue weighted by Crippen LogP contribution is 2.48. The van der Waals surface area contributed by atoms with Crippen molar-refractivity contribution in [2.75, 3.05) is 19.8 Å². The van der Waals surface area contributed by atoms with Gasteiger partial charge in [0.2, 0.25) is 27.7 Å². The van der Waals surface area contributed by atoms with Gasteiger partial charge in [0.05, 0.1) is 11.3 Å². The molecule has 310 valence electrons. The van der Waals surface area contributed by atoms with Gasteiger partial charge in [0.15, 0.2) is 11.5 Å². The van der Waals surface area contributed by atoms with Gasteiger partial charge in [-0.1, -0.05) is 32.4 Å². The summed E-state index contributed by atoms with van der Waals surface area (Å²) < 4.78 is 46.0. The lowest BCUT2D eigenvalue weighted by molar-refractivity contribution is -0.146. The molecule has 0 radical (unpaired) electrons. The SMILES string of the molecule is CC[C@@H]1C[C@H](C)CC/C=C\[C@@H]2C[C@@]2(C(=O)NS(=O)(=O)C2(C)CC2)NC(=O)[C@@H]2C[C@@H](Oc3nccc4c5c(ccc34)OCCO5)CN2C(=O)[C@H]1N(C(=O)O)C(C)(C)C. The van der Waals surface area contributed by atoms with Crippen molar-refractivity contribution in [1.29, 1.82) is 0 Å². The number of ether oxygens (including phenoxy) is 3. The highest BCUT2D eigenvalue weighted by molar-refractivity contribution is 7.91. The van der Waals surface area contributed by atoms with Crippen molar-refractivity contribution in [3.63, 3.8) is 0 Å². The van der Waals surface area contributed by atoms with E-state index in [4.69, 9.17) is 14.2 Å². The molecule has 5 aliphatic rings. The fourth-order valence-electron chi connectivity index (χ4n) is 8.74. The standard InChI is InChI=1S/C41H55N5O10S/c1-7-25-20-24(2)10-8-9-11-26-22-41(26,37(49)44-57(52,53)40(6)15-16-40)43-34(47)30-21-27(23-45(30)36(48)32(25)46(38(50)51)39(3,4)5)56-35-29-12-13-31-33(55-19-18-54-31)28(29)14-17-42-35/h9,11-14,17,24-27,30,32H,7-8,10,15-16,18-23H2,1-6H3,(H,43,47)(H,44,49)(H,50,51)/b11-9-/t24-,25-,26-,27-,30+,32+,41-/m1/s1. The van der Waals surface area contributed by atoms with Gasteiger partial charge in [-0.15, -0.1) is 0 Å². The second-order valence-electron chi connectivity index (χ2n) is 17.7. The molecule has 1 aromatic carbocycles. The minimum absolute atomic E-state index is 0.00271. The fourth-order valence-corrected chi connectivity index (χ4v) is 10.1. The van der Waals surface area contributed by atoms with Gasteiger partial charge in [-0.25, -0.2) is 18.2 Å². The molecule has 15 nitrogen and oxygen atoms in total. The Balaban J connectivity index is 1.28. The monoisotopic (exact) mass is 809 g/mol. The maximum Gasteiger partial charge on any atom is 0.408 e. The quantitative estimate of drug-likeness (QED) is 0.326. The van der Waals surface area contributed by atoms with Crippen LogP contribution in [0.4, 0.5) is 4.79 Å². The first kappa shape index (κ1) is 40.6. The molecule has 7 rings (SSSR count). The lowest BCUT2D eigenvalue weighted by Crippen LogP contribution is -2.62. The number of carbonyl (C=O) groups is 4. The van der Waals surface area contributed by atoms with Crippen LogP contribution < -0.4 is 24.2 Å². The average molecular weight is 810 g/mol. The van der Waals surface area contributed by atoms with Crippen LogP contribution in [0.15, 0.2) is 36.5 Å². The Kier molecular flexibility index (Phi) is 10.7. The van der Waals surface area contributed by atoms with E-state index in [2.05, 4.69) is 21.9 Å². The minimum atomic E-state index is -4.02. The molecule has 2 aliphatic carbocycles. The predicted octanol–water partition coefficient (Wildman–Crippen LogP) is 4.78. The number of sulfonamides is 1. The zero-order chi connectivity index (χ0) is 41.1. The first-order chi connectivity index (χ1) is 26.9. The van der Waals surface area contributed by atoms with E-state index in [0.29, 0.717) is 62.2 Å². The Bertz CT molecular complexity index is 2080. The number of nitrogens with one attached hydrogen (secondary N) is 2. The third-order valence-electron chi connectivity index (χ3n) is 12.5. The Hall–Kier alpha value is -4.60. The molecule has 3 aliphatic heterocycles. The van der Waals surface area contributed by atoms with E-state index >= 15 is 4.79 Å². The van der Waals surface area contributed by atoms with Gasteiger partial charge in [-0.2, -0.15) is 0 Å². The summed E-state index contributed by atoms with van der Waals surface area (Å²) in [5.41, 5.74) is -2.54. The fraction of sp³-hybridized carbons (Fsp3) is 0.634. The van der Waals surface area contributed by atoms with E-state index in [-0.39, 0.29) is 37.1 Å². The summed E-state index contributed by atoms with van der Waals surface area (Å²) in [5, 5.41) is 15.0. The summed E-state index contributed by atoms with van der Waals surface area (Å²) in [4.78, 5) is 64.2. The van der Waals surface area contributed by atoms with Crippen molar-refractivity contribution in [2.45, 2.75) is 127 Å². The second kappa shape index (κ2) is 15.0. The van der Waals surface area contributed by atoms with Crippen LogP contribution in [-0.2, 0) is 24.4 Å². The molecule has 2 aromatic rings. The maximum absolute atomic E-state index is 15.2. The molecule has 0 unspecified atom stereocenters. The van der Waals surface area contributed by atoms with Crippen molar-refractivity contribution in [3.05, 3.63) is 36.5 Å². The van der Waals surface area contributed by atoms with Crippen molar-refractivity contribution in [1.82, 2.24) is 24.8 Å². The van der Waals surface area contributed by atoms with Gasteiger partial charge in [0, 0.05) is 34.8 Å². The first-order valence-electron chi connectivity index (χ1n) is 20.1. The van der Waals surface area contributed by atoms with E-state index in [1.165, 1.54) is 9.80 Å². The summed E-state index contributed by atoms with van der Waals surface area (Å²) >= 11 is 0. The highest BCUT2D eigenvalue weighted by Gasteiger charge is 2.63. The van der Waals surface area contributed by atoms with Crippen LogP contribution in [0.2, 0.25) is 0 Å². The summed E-state index contributed by atoms with van der Waals surface area (Å²) in [7, 11) is -4.02. The number of amides is 4. The van der Waals surface area contributed by atoms with Crippen LogP contribution in [0.25, 0.3) is 10.8 Å². The van der Waals surface area contributed by atoms with E-state index < -0.39 is 73.8 Å². The van der Waals surface area contributed by atoms with Gasteiger partial charge in [-0.05, 0) is 96.3 Å². The second-order valence-corrected chi connectivity index (χ2v) is 19.9. The number of pyridine rings is 1. The number of rotatable bonds is 7. The topological polar surface area (TPSA) is 194 Å². The molecule has 0 spiro atoms. The van der Waals surface area contributed by atoms with Gasteiger partial charge < -0.3 is 29.5 Å². The number of aromatic nitrogens is 1. The largest absolute Gasteiger partial charge is 0.486 e. The van der Waals surface area contributed by atoms with Crippen molar-refractivity contribution in [2.24, 2.45) is 17.8 Å². The number of fused-ring (bicyclic) bond motifs is 5. The molecule has 1 aromatic heterocycles. The lowest BCUT2D eigenvalue weighted by atomic mass is 9.82. The molecule has 4 amide bonds. The van der Waals surface area contributed by atoms with Crippen LogP contribution in [0.1, 0.15) is 92.9 Å². The van der Waals surface area contributed by atoms with Gasteiger partial charge in [0.25, 0.3) is 5.91 Å². The zero-order valence-corrected chi connectivity index (χ0v) is 34.4. The van der Waals surface area contributed by atoms with Crippen LogP contribution >= 0.6 is 0 Å². The highest BCUT2D eigenvalue weighted by atomic mass is 32.2. The number of hydrogen-bond donors (Lipinski definition) is 3. The van der Waals surface area contributed by atoms with Gasteiger partial charge in [0.1, 0.15) is 36.9 Å². The Morgan fingerprint density at radius 3 is 2.54 bits per heavy atom. The molecule has 3 fully saturated rings. The van der Waals surface area contributed by atoms with Gasteiger partial charge in [-0.3, -0.25) is 24.0 Å². The molecular formula is C41H55N5O10S. The number of carboxylic acid groups (broad SMARTS) is 1. The number of benzene rings is 1. The summed E-state index contributed by atoms with van der Waals surface area (Å²) in [6, 6.07) is 3.06. The summed E-state index contributed by atoms with van der Waals surface area (Å²) in [5.74, 6) is -1.35. The number of carbonyl (C=O) groups excluding carboxylic acids is 3. The molecule has 3 N–H and O–H groups in total. The van der Waals surface area contributed by atoms with Gasteiger partial charge >= 0.3 is 6.09 Å². The van der Waals surface area contributed by atoms with Crippen LogP contribution in [0, 0.1) is 17.8 Å². The average Bonchev–Trinajstić information content (AvgIpc) is 4.03. The molecule has 57 heavy (non-hydrogen) atoms. The Labute approximate surface area is 333 Å². The molecule has 4 heterocycles. The van der Waals surface area contributed by atoms with Crippen LogP contribution in [0.3, 0.4) is 0 Å². The van der Waals surface area contributed by atoms with Crippen molar-refractivity contribution < 1.29 is 46.9 Å². The third kappa shape index (κ3) is 7.73. The molecule has 7 atom stereocenters. The third-order valence-corrected chi connectivity index (χ3v) is 14.6. The number of nitrogens with zero attached hydrogens (tertiary/aromatic N) is 3.